The fourth-order valence-corrected chi connectivity index (χ4v) is 2.88. The van der Waals surface area contributed by atoms with E-state index in [2.05, 4.69) is 12.2 Å². The van der Waals surface area contributed by atoms with Crippen molar-refractivity contribution in [2.45, 2.75) is 51.2 Å². The molecule has 0 spiro atoms. The van der Waals surface area contributed by atoms with Crippen LogP contribution < -0.4 is 5.32 Å². The minimum absolute atomic E-state index is 0.0757. The van der Waals surface area contributed by atoms with E-state index in [-0.39, 0.29) is 6.10 Å². The van der Waals surface area contributed by atoms with Crippen molar-refractivity contribution >= 4 is 0 Å². The smallest absolute Gasteiger partial charge is 0.0580 e. The average molecular weight is 227 g/mol. The Morgan fingerprint density at radius 3 is 2.81 bits per heavy atom. The molecule has 1 saturated heterocycles. The molecule has 2 rings (SSSR count). The van der Waals surface area contributed by atoms with E-state index in [4.69, 9.17) is 4.74 Å². The Morgan fingerprint density at radius 2 is 2.12 bits per heavy atom. The quantitative estimate of drug-likeness (QED) is 0.765. The zero-order valence-corrected chi connectivity index (χ0v) is 10.3. The van der Waals surface area contributed by atoms with Crippen molar-refractivity contribution in [3.63, 3.8) is 0 Å². The van der Waals surface area contributed by atoms with Gasteiger partial charge in [0.2, 0.25) is 0 Å². The maximum absolute atomic E-state index is 9.88. The van der Waals surface area contributed by atoms with Crippen molar-refractivity contribution < 1.29 is 9.84 Å². The third-order valence-corrected chi connectivity index (χ3v) is 4.24. The average Bonchev–Trinajstić information content (AvgIpc) is 2.81. The Bertz CT molecular complexity index is 204. The summed E-state index contributed by atoms with van der Waals surface area (Å²) in [6, 6.07) is 0.525. The van der Waals surface area contributed by atoms with E-state index in [0.29, 0.717) is 17.9 Å². The summed E-state index contributed by atoms with van der Waals surface area (Å²) < 4.78 is 5.40. The molecule has 3 heteroatoms. The molecule has 0 amide bonds. The predicted molar refractivity (Wildman–Crippen MR) is 64.4 cm³/mol. The van der Waals surface area contributed by atoms with Gasteiger partial charge in [-0.15, -0.1) is 0 Å². The lowest BCUT2D eigenvalue weighted by Gasteiger charge is -2.30. The van der Waals surface area contributed by atoms with Crippen molar-refractivity contribution in [1.82, 2.24) is 5.32 Å². The van der Waals surface area contributed by atoms with Crippen molar-refractivity contribution in [2.75, 3.05) is 19.8 Å². The van der Waals surface area contributed by atoms with Gasteiger partial charge in [-0.2, -0.15) is 0 Å². The van der Waals surface area contributed by atoms with Crippen molar-refractivity contribution in [1.29, 1.82) is 0 Å². The zero-order valence-electron chi connectivity index (χ0n) is 10.3. The second-order valence-corrected chi connectivity index (χ2v) is 5.43. The number of nitrogens with one attached hydrogen (secondary N) is 1. The van der Waals surface area contributed by atoms with E-state index in [9.17, 15) is 5.11 Å². The van der Waals surface area contributed by atoms with Gasteiger partial charge in [0.25, 0.3) is 0 Å². The molecular weight excluding hydrogens is 202 g/mol. The van der Waals surface area contributed by atoms with Gasteiger partial charge in [0, 0.05) is 19.2 Å². The highest BCUT2D eigenvalue weighted by Crippen LogP contribution is 2.24. The first-order valence-corrected chi connectivity index (χ1v) is 6.76. The van der Waals surface area contributed by atoms with Crippen molar-refractivity contribution in [3.8, 4) is 0 Å². The molecule has 0 aromatic heterocycles. The van der Waals surface area contributed by atoms with Gasteiger partial charge >= 0.3 is 0 Å². The molecule has 0 aromatic rings. The Kier molecular flexibility index (Phi) is 4.62. The summed E-state index contributed by atoms with van der Waals surface area (Å²) >= 11 is 0. The molecule has 2 aliphatic rings. The van der Waals surface area contributed by atoms with Gasteiger partial charge < -0.3 is 15.2 Å². The lowest BCUT2D eigenvalue weighted by molar-refractivity contribution is 0.0669. The summed E-state index contributed by atoms with van der Waals surface area (Å²) in [7, 11) is 0. The molecule has 16 heavy (non-hydrogen) atoms. The van der Waals surface area contributed by atoms with Crippen LogP contribution in [0.15, 0.2) is 0 Å². The van der Waals surface area contributed by atoms with Crippen LogP contribution in [0, 0.1) is 11.8 Å². The van der Waals surface area contributed by atoms with E-state index in [1.807, 2.05) is 0 Å². The number of aliphatic hydroxyl groups excluding tert-OH is 1. The van der Waals surface area contributed by atoms with Crippen LogP contribution in [0.5, 0.6) is 0 Å². The molecule has 2 N–H and O–H groups in total. The summed E-state index contributed by atoms with van der Waals surface area (Å²) in [6.45, 7) is 5.04. The second-order valence-electron chi connectivity index (χ2n) is 5.43. The molecule has 0 radical (unpaired) electrons. The molecular formula is C13H25NO2. The summed E-state index contributed by atoms with van der Waals surface area (Å²) in [6.07, 6.45) is 5.76. The highest BCUT2D eigenvalue weighted by atomic mass is 16.5. The fourth-order valence-electron chi connectivity index (χ4n) is 2.88. The zero-order chi connectivity index (χ0) is 11.4. The molecule has 1 aliphatic heterocycles. The lowest BCUT2D eigenvalue weighted by atomic mass is 9.86. The third-order valence-electron chi connectivity index (χ3n) is 4.24. The number of hydrogen-bond acceptors (Lipinski definition) is 3. The molecule has 4 atom stereocenters. The van der Waals surface area contributed by atoms with Crippen LogP contribution in [-0.4, -0.2) is 37.0 Å². The van der Waals surface area contributed by atoms with Crippen LogP contribution in [0.2, 0.25) is 0 Å². The van der Waals surface area contributed by atoms with Crippen molar-refractivity contribution in [3.05, 3.63) is 0 Å². The maximum atomic E-state index is 9.88. The van der Waals surface area contributed by atoms with Gasteiger partial charge in [-0.25, -0.2) is 0 Å². The largest absolute Gasteiger partial charge is 0.393 e. The highest BCUT2D eigenvalue weighted by Gasteiger charge is 2.26. The van der Waals surface area contributed by atoms with Crippen LogP contribution in [0.3, 0.4) is 0 Å². The highest BCUT2D eigenvalue weighted by molar-refractivity contribution is 4.80. The minimum Gasteiger partial charge on any atom is -0.393 e. The number of aliphatic hydroxyl groups is 1. The van der Waals surface area contributed by atoms with Crippen LogP contribution in [-0.2, 0) is 4.74 Å². The van der Waals surface area contributed by atoms with Crippen LogP contribution >= 0.6 is 0 Å². The molecule has 1 aliphatic carbocycles. The molecule has 0 aromatic carbocycles. The summed E-state index contributed by atoms with van der Waals surface area (Å²) in [5, 5.41) is 13.5. The molecule has 94 valence electrons. The van der Waals surface area contributed by atoms with E-state index >= 15 is 0 Å². The predicted octanol–water partition coefficient (Wildman–Crippen LogP) is 1.55. The summed E-state index contributed by atoms with van der Waals surface area (Å²) in [4.78, 5) is 0. The van der Waals surface area contributed by atoms with E-state index in [1.54, 1.807) is 0 Å². The van der Waals surface area contributed by atoms with Crippen molar-refractivity contribution in [2.24, 2.45) is 11.8 Å². The second kappa shape index (κ2) is 5.99. The van der Waals surface area contributed by atoms with Crippen LogP contribution in [0.4, 0.5) is 0 Å². The van der Waals surface area contributed by atoms with Gasteiger partial charge in [-0.05, 0) is 38.0 Å². The van der Waals surface area contributed by atoms with Gasteiger partial charge in [0.1, 0.15) is 0 Å². The van der Waals surface area contributed by atoms with Gasteiger partial charge in [-0.1, -0.05) is 12.8 Å². The lowest BCUT2D eigenvalue weighted by Crippen LogP contribution is -2.41. The SMILES string of the molecule is CC(NCC1CCCCC1O)C1CCOC1. The first kappa shape index (κ1) is 12.3. The van der Waals surface area contributed by atoms with E-state index in [0.717, 1.165) is 26.2 Å². The fraction of sp³-hybridized carbons (Fsp3) is 1.00. The summed E-state index contributed by atoms with van der Waals surface area (Å²) in [5.74, 6) is 1.14. The molecule has 0 bridgehead atoms. The first-order valence-electron chi connectivity index (χ1n) is 6.76. The van der Waals surface area contributed by atoms with Gasteiger partial charge in [0.15, 0.2) is 0 Å². The van der Waals surface area contributed by atoms with Crippen LogP contribution in [0.25, 0.3) is 0 Å². The maximum Gasteiger partial charge on any atom is 0.0580 e. The number of ether oxygens (including phenoxy) is 1. The molecule has 1 saturated carbocycles. The van der Waals surface area contributed by atoms with Gasteiger partial charge in [0.05, 0.1) is 12.7 Å². The topological polar surface area (TPSA) is 41.5 Å². The van der Waals surface area contributed by atoms with Crippen LogP contribution in [0.1, 0.15) is 39.0 Å². The van der Waals surface area contributed by atoms with E-state index in [1.165, 1.54) is 25.7 Å². The minimum atomic E-state index is -0.0757. The van der Waals surface area contributed by atoms with E-state index < -0.39 is 0 Å². The number of rotatable bonds is 4. The molecule has 2 fully saturated rings. The standard InChI is InChI=1S/C13H25NO2/c1-10(12-6-7-16-9-12)14-8-11-4-2-3-5-13(11)15/h10-15H,2-9H2,1H3. The summed E-state index contributed by atoms with van der Waals surface area (Å²) in [5.41, 5.74) is 0. The Hall–Kier alpha value is -0.120. The Morgan fingerprint density at radius 1 is 1.31 bits per heavy atom. The first-order chi connectivity index (χ1) is 7.77. The molecule has 4 unspecified atom stereocenters. The Balaban J connectivity index is 1.69. The Labute approximate surface area is 98.6 Å². The molecule has 1 heterocycles. The van der Waals surface area contributed by atoms with Gasteiger partial charge in [-0.3, -0.25) is 0 Å². The normalized spacial score (nSPS) is 37.5. The molecule has 3 nitrogen and oxygen atoms in total. The monoisotopic (exact) mass is 227 g/mol. The third kappa shape index (κ3) is 3.19. The number of hydrogen-bond donors (Lipinski definition) is 2.